The Morgan fingerprint density at radius 2 is 2.04 bits per heavy atom. The molecule has 1 fully saturated rings. The monoisotopic (exact) mass is 387 g/mol. The van der Waals surface area contributed by atoms with Crippen LogP contribution in [0.15, 0.2) is 58.7 Å². The van der Waals surface area contributed by atoms with E-state index in [0.29, 0.717) is 16.6 Å². The summed E-state index contributed by atoms with van der Waals surface area (Å²) in [6.45, 7) is 1.87. The van der Waals surface area contributed by atoms with Crippen LogP contribution >= 0.6 is 23.4 Å². The number of nitrogens with one attached hydrogen (secondary N) is 1. The minimum absolute atomic E-state index is 0.0639. The van der Waals surface area contributed by atoms with Crippen LogP contribution in [0.25, 0.3) is 0 Å². The van der Waals surface area contributed by atoms with Gasteiger partial charge in [0.25, 0.3) is 0 Å². The van der Waals surface area contributed by atoms with E-state index in [4.69, 9.17) is 16.3 Å². The van der Waals surface area contributed by atoms with E-state index in [1.54, 1.807) is 7.11 Å². The van der Waals surface area contributed by atoms with E-state index in [-0.39, 0.29) is 11.2 Å². The summed E-state index contributed by atoms with van der Waals surface area (Å²) in [5.74, 6) is 0.723. The lowest BCUT2D eigenvalue weighted by Gasteiger charge is -2.05. The summed E-state index contributed by atoms with van der Waals surface area (Å²) in [6.07, 6.45) is 0.595. The van der Waals surface area contributed by atoms with E-state index < -0.39 is 0 Å². The van der Waals surface area contributed by atoms with E-state index in [1.807, 2.05) is 55.5 Å². The second kappa shape index (κ2) is 8.38. The molecule has 1 saturated heterocycles. The number of rotatable bonds is 5. The smallest absolute Gasteiger partial charge is 0.239 e. The molecule has 26 heavy (non-hydrogen) atoms. The number of thioether (sulfide) groups is 1. The van der Waals surface area contributed by atoms with Gasteiger partial charge in [-0.3, -0.25) is 4.79 Å². The van der Waals surface area contributed by atoms with Crippen molar-refractivity contribution in [2.24, 2.45) is 10.2 Å². The minimum atomic E-state index is -0.233. The van der Waals surface area contributed by atoms with Crippen LogP contribution in [-0.4, -0.2) is 29.1 Å². The number of hydrogen-bond acceptors (Lipinski definition) is 5. The Labute approximate surface area is 161 Å². The number of ether oxygens (including phenoxy) is 1. The molecule has 3 rings (SSSR count). The van der Waals surface area contributed by atoms with Gasteiger partial charge in [-0.1, -0.05) is 35.5 Å². The maximum absolute atomic E-state index is 12.2. The average Bonchev–Trinajstić information content (AvgIpc) is 2.99. The van der Waals surface area contributed by atoms with Gasteiger partial charge in [0.05, 0.1) is 18.1 Å². The summed E-state index contributed by atoms with van der Waals surface area (Å²) in [5.41, 5.74) is 2.72. The largest absolute Gasteiger partial charge is 0.497 e. The molecule has 0 bridgehead atoms. The van der Waals surface area contributed by atoms with Crippen molar-refractivity contribution in [2.75, 3.05) is 7.11 Å². The Kier molecular flexibility index (Phi) is 5.96. The number of amides is 1. The van der Waals surface area contributed by atoms with Gasteiger partial charge in [0.15, 0.2) is 5.17 Å². The predicted octanol–water partition coefficient (Wildman–Crippen LogP) is 3.90. The third-order valence-electron chi connectivity index (χ3n) is 3.89. The average molecular weight is 388 g/mol. The van der Waals surface area contributed by atoms with Gasteiger partial charge in [-0.25, -0.2) is 0 Å². The third kappa shape index (κ3) is 4.65. The highest BCUT2D eigenvalue weighted by molar-refractivity contribution is 8.15. The van der Waals surface area contributed by atoms with Crippen molar-refractivity contribution < 1.29 is 9.53 Å². The predicted molar refractivity (Wildman–Crippen MR) is 107 cm³/mol. The number of carbonyl (C=O) groups is 1. The highest BCUT2D eigenvalue weighted by Gasteiger charge is 2.30. The van der Waals surface area contributed by atoms with E-state index >= 15 is 0 Å². The maximum atomic E-state index is 12.2. The Morgan fingerprint density at radius 3 is 2.73 bits per heavy atom. The van der Waals surface area contributed by atoms with Crippen molar-refractivity contribution >= 4 is 40.1 Å². The van der Waals surface area contributed by atoms with Gasteiger partial charge in [-0.2, -0.15) is 5.10 Å². The highest BCUT2D eigenvalue weighted by Crippen LogP contribution is 2.24. The number of benzene rings is 2. The number of carbonyl (C=O) groups excluding carboxylic acids is 1. The van der Waals surface area contributed by atoms with Gasteiger partial charge in [-0.05, 0) is 60.9 Å². The Bertz CT molecular complexity index is 865. The molecule has 2 aromatic rings. The molecule has 1 aliphatic rings. The van der Waals surface area contributed by atoms with Gasteiger partial charge >= 0.3 is 0 Å². The first-order chi connectivity index (χ1) is 12.5. The van der Waals surface area contributed by atoms with Crippen LogP contribution in [0.1, 0.15) is 18.1 Å². The Balaban J connectivity index is 1.67. The summed E-state index contributed by atoms with van der Waals surface area (Å²) >= 11 is 7.38. The highest BCUT2D eigenvalue weighted by atomic mass is 35.5. The molecule has 0 saturated carbocycles. The van der Waals surface area contributed by atoms with Crippen LogP contribution in [-0.2, 0) is 11.2 Å². The molecule has 1 amide bonds. The number of halogens is 1. The number of methoxy groups -OCH3 is 1. The Morgan fingerprint density at radius 1 is 1.27 bits per heavy atom. The fourth-order valence-corrected chi connectivity index (χ4v) is 3.65. The first-order valence-corrected chi connectivity index (χ1v) is 9.29. The van der Waals surface area contributed by atoms with Crippen LogP contribution in [0, 0.1) is 0 Å². The molecule has 2 aromatic carbocycles. The molecule has 1 N–H and O–H groups in total. The van der Waals surface area contributed by atoms with Gasteiger partial charge in [0.2, 0.25) is 5.91 Å². The molecule has 1 aliphatic heterocycles. The normalized spacial score (nSPS) is 18.9. The number of amidine groups is 1. The van der Waals surface area contributed by atoms with E-state index in [9.17, 15) is 4.79 Å². The van der Waals surface area contributed by atoms with Crippen molar-refractivity contribution in [3.8, 4) is 5.75 Å². The zero-order valence-corrected chi connectivity index (χ0v) is 16.0. The molecule has 1 heterocycles. The fourth-order valence-electron chi connectivity index (χ4n) is 2.47. The molecule has 0 unspecified atom stereocenters. The van der Waals surface area contributed by atoms with E-state index in [2.05, 4.69) is 15.5 Å². The molecule has 0 aliphatic carbocycles. The van der Waals surface area contributed by atoms with Gasteiger partial charge in [-0.15, -0.1) is 5.10 Å². The van der Waals surface area contributed by atoms with Gasteiger partial charge in [0.1, 0.15) is 5.75 Å². The van der Waals surface area contributed by atoms with Crippen LogP contribution in [0.5, 0.6) is 5.75 Å². The zero-order valence-electron chi connectivity index (χ0n) is 14.4. The number of hydrogen-bond donors (Lipinski definition) is 1. The molecular formula is C19H18ClN3O2S. The van der Waals surface area contributed by atoms with Crippen molar-refractivity contribution in [1.82, 2.24) is 5.32 Å². The molecular weight excluding hydrogens is 370 g/mol. The van der Waals surface area contributed by atoms with Crippen molar-refractivity contribution in [1.29, 1.82) is 0 Å². The summed E-state index contributed by atoms with van der Waals surface area (Å²) in [4.78, 5) is 12.2. The van der Waals surface area contributed by atoms with E-state index in [0.717, 1.165) is 22.6 Å². The first-order valence-electron chi connectivity index (χ1n) is 8.04. The molecule has 0 spiro atoms. The van der Waals surface area contributed by atoms with Crippen molar-refractivity contribution in [3.05, 3.63) is 64.7 Å². The topological polar surface area (TPSA) is 63.1 Å². The SMILES string of the molecule is COc1ccc(/C(C)=N\N=C2\NC(=O)[C@@H](Cc3cccc(Cl)c3)S2)cc1. The first kappa shape index (κ1) is 18.5. The second-order valence-electron chi connectivity index (χ2n) is 5.75. The fraction of sp³-hybridized carbons (Fsp3) is 0.211. The van der Waals surface area contributed by atoms with Crippen LogP contribution < -0.4 is 10.1 Å². The van der Waals surface area contributed by atoms with Crippen LogP contribution in [0.4, 0.5) is 0 Å². The van der Waals surface area contributed by atoms with Crippen molar-refractivity contribution in [3.63, 3.8) is 0 Å². The zero-order chi connectivity index (χ0) is 18.5. The molecule has 134 valence electrons. The second-order valence-corrected chi connectivity index (χ2v) is 7.38. The lowest BCUT2D eigenvalue weighted by Crippen LogP contribution is -2.25. The van der Waals surface area contributed by atoms with Gasteiger partial charge in [0, 0.05) is 5.02 Å². The van der Waals surface area contributed by atoms with Crippen LogP contribution in [0.3, 0.4) is 0 Å². The lowest BCUT2D eigenvalue weighted by molar-refractivity contribution is -0.118. The molecule has 7 heteroatoms. The molecule has 0 radical (unpaired) electrons. The standard InChI is InChI=1S/C19H18ClN3O2S/c1-12(14-6-8-16(25-2)9-7-14)22-23-19-21-18(24)17(26-19)11-13-4-3-5-15(20)10-13/h3-10,17H,11H2,1-2H3,(H,21,23,24)/b22-12-/t17-/m1/s1. The van der Waals surface area contributed by atoms with Crippen LogP contribution in [0.2, 0.25) is 5.02 Å². The molecule has 1 atom stereocenters. The Hall–Kier alpha value is -2.31. The summed E-state index contributed by atoms with van der Waals surface area (Å²) in [5, 5.41) is 12.1. The minimum Gasteiger partial charge on any atom is -0.497 e. The van der Waals surface area contributed by atoms with Crippen molar-refractivity contribution in [2.45, 2.75) is 18.6 Å². The molecule has 5 nitrogen and oxygen atoms in total. The molecule has 0 aromatic heterocycles. The maximum Gasteiger partial charge on any atom is 0.239 e. The summed E-state index contributed by atoms with van der Waals surface area (Å²) < 4.78 is 5.14. The summed E-state index contributed by atoms with van der Waals surface area (Å²) in [7, 11) is 1.63. The third-order valence-corrected chi connectivity index (χ3v) is 5.19. The number of nitrogens with zero attached hydrogens (tertiary/aromatic N) is 2. The quantitative estimate of drug-likeness (QED) is 0.625. The van der Waals surface area contributed by atoms with E-state index in [1.165, 1.54) is 11.8 Å². The van der Waals surface area contributed by atoms with Gasteiger partial charge < -0.3 is 10.1 Å². The summed E-state index contributed by atoms with van der Waals surface area (Å²) in [6, 6.07) is 15.1. The lowest BCUT2D eigenvalue weighted by atomic mass is 10.1.